The summed E-state index contributed by atoms with van der Waals surface area (Å²) >= 11 is 0. The molecule has 0 aromatic heterocycles. The Labute approximate surface area is 336 Å². The van der Waals surface area contributed by atoms with Crippen molar-refractivity contribution in [1.29, 1.82) is 0 Å². The lowest BCUT2D eigenvalue weighted by molar-refractivity contribution is 1.63. The topological polar surface area (TPSA) is 0 Å². The van der Waals surface area contributed by atoms with Crippen LogP contribution >= 0.6 is 0 Å². The first-order chi connectivity index (χ1) is 38.1. The highest BCUT2D eigenvalue weighted by Gasteiger charge is 2.19. The molecular formula is C50H32. The highest BCUT2D eigenvalue weighted by molar-refractivity contribution is 6.24. The SMILES string of the molecule is [2H]c1c([2H])c(-c2c3c([2H])c([2H])c([2H])c([2H])c3c(-c3c([2H])c([2H])c([2H])c4c([2H])c([2H])c([2H])c([2H])c34)c3c([2H])c([2H])c(-c4c([2H])c([2H])c([2H])c5c([2H])c([2H])c([2H])c([2H])c45)c([2H])c23)c([2H])c([2H])c1-c1c([2H])c([2H])c([2H])c2c([2H])c([2H])c([2H])c([2H])c12. The lowest BCUT2D eigenvalue weighted by Crippen LogP contribution is -1.93. The van der Waals surface area contributed by atoms with Crippen LogP contribution in [0.15, 0.2) is 193 Å². The third-order valence-electron chi connectivity index (χ3n) is 8.06. The molecule has 0 spiro atoms. The van der Waals surface area contributed by atoms with Gasteiger partial charge in [0.1, 0.15) is 0 Å². The quantitative estimate of drug-likeness (QED) is 0.164. The van der Waals surface area contributed by atoms with E-state index in [1.807, 2.05) is 0 Å². The highest BCUT2D eigenvalue weighted by atomic mass is 14.2. The monoisotopic (exact) mass is 664 g/mol. The van der Waals surface area contributed by atoms with Crippen LogP contribution in [0.4, 0.5) is 0 Å². The van der Waals surface area contributed by atoms with Crippen LogP contribution in [0.5, 0.6) is 0 Å². The first kappa shape index (κ1) is 11.0. The largest absolute Gasteiger partial charge is 0.0636 e. The minimum Gasteiger partial charge on any atom is -0.0616 e. The first-order valence-corrected chi connectivity index (χ1v) is 14.8. The number of hydrogen-bond acceptors (Lipinski definition) is 0. The first-order valence-electron chi connectivity index (χ1n) is 30.8. The van der Waals surface area contributed by atoms with Crippen molar-refractivity contribution in [2.45, 2.75) is 0 Å². The van der Waals surface area contributed by atoms with Crippen LogP contribution in [0.3, 0.4) is 0 Å². The molecule has 0 fully saturated rings. The lowest BCUT2D eigenvalue weighted by Gasteiger charge is -2.20. The molecule has 0 nitrogen and oxygen atoms in total. The highest BCUT2D eigenvalue weighted by Crippen LogP contribution is 2.47. The van der Waals surface area contributed by atoms with Crippen LogP contribution in [-0.2, 0) is 0 Å². The van der Waals surface area contributed by atoms with E-state index in [0.29, 0.717) is 0 Å². The maximum atomic E-state index is 10.3. The summed E-state index contributed by atoms with van der Waals surface area (Å²) in [6, 6.07) is -32.9. The molecule has 0 heteroatoms. The van der Waals surface area contributed by atoms with E-state index in [1.54, 1.807) is 0 Å². The average Bonchev–Trinajstić information content (AvgIpc) is 1.10. The summed E-state index contributed by atoms with van der Waals surface area (Å²) in [7, 11) is 0. The third-order valence-corrected chi connectivity index (χ3v) is 8.06. The molecule has 10 rings (SSSR count). The summed E-state index contributed by atoms with van der Waals surface area (Å²) in [5.41, 5.74) is -7.18. The molecule has 0 atom stereocenters. The smallest absolute Gasteiger partial charge is 0.0616 e. The normalized spacial score (nSPS) is 20.6. The van der Waals surface area contributed by atoms with Gasteiger partial charge >= 0.3 is 0 Å². The van der Waals surface area contributed by atoms with E-state index >= 15 is 0 Å². The van der Waals surface area contributed by atoms with E-state index in [0.717, 1.165) is 0 Å². The molecule has 10 aromatic rings. The average molecular weight is 665 g/mol. The minimum absolute atomic E-state index is 0.645. The van der Waals surface area contributed by atoms with Gasteiger partial charge in [0.05, 0.1) is 43.9 Å². The van der Waals surface area contributed by atoms with Crippen molar-refractivity contribution in [1.82, 2.24) is 0 Å². The van der Waals surface area contributed by atoms with E-state index in [9.17, 15) is 16.4 Å². The van der Waals surface area contributed by atoms with Gasteiger partial charge in [-0.1, -0.05) is 187 Å². The fourth-order valence-electron chi connectivity index (χ4n) is 5.91. The van der Waals surface area contributed by atoms with Gasteiger partial charge in [-0.05, 0) is 104 Å². The Morgan fingerprint density at radius 1 is 0.240 bits per heavy atom. The van der Waals surface area contributed by atoms with Crippen LogP contribution in [0.25, 0.3) is 98.4 Å². The summed E-state index contributed by atoms with van der Waals surface area (Å²) in [4.78, 5) is 0. The second kappa shape index (κ2) is 11.6. The Hall–Kier alpha value is -6.50. The van der Waals surface area contributed by atoms with Gasteiger partial charge in [-0.2, -0.15) is 0 Å². The number of hydrogen-bond donors (Lipinski definition) is 0. The minimum atomic E-state index is -1.23. The second-order valence-corrected chi connectivity index (χ2v) is 10.8. The zero-order valence-corrected chi connectivity index (χ0v) is 25.0. The Morgan fingerprint density at radius 2 is 0.620 bits per heavy atom. The Morgan fingerprint density at radius 3 is 1.20 bits per heavy atom. The molecular weight excluding hydrogens is 601 g/mol. The van der Waals surface area contributed by atoms with Crippen molar-refractivity contribution in [3.05, 3.63) is 193 Å². The van der Waals surface area contributed by atoms with Crippen molar-refractivity contribution >= 4 is 53.9 Å². The summed E-state index contributed by atoms with van der Waals surface area (Å²) in [5.74, 6) is 0. The van der Waals surface area contributed by atoms with Gasteiger partial charge < -0.3 is 0 Å². The van der Waals surface area contributed by atoms with Crippen LogP contribution in [0.1, 0.15) is 43.9 Å². The van der Waals surface area contributed by atoms with Gasteiger partial charge in [-0.3, -0.25) is 0 Å². The number of fused-ring (bicyclic) bond motifs is 5. The Bertz CT molecular complexity index is 4700. The maximum Gasteiger partial charge on any atom is 0.0636 e. The van der Waals surface area contributed by atoms with Crippen LogP contribution < -0.4 is 0 Å². The molecule has 0 aliphatic rings. The molecule has 0 unspecified atom stereocenters. The van der Waals surface area contributed by atoms with Crippen LogP contribution in [0.2, 0.25) is 0 Å². The fourth-order valence-corrected chi connectivity index (χ4v) is 5.91. The molecule has 0 radical (unpaired) electrons. The number of rotatable bonds is 4. The molecule has 232 valence electrons. The van der Waals surface area contributed by atoms with Crippen LogP contribution in [-0.4, -0.2) is 0 Å². The summed E-state index contributed by atoms with van der Waals surface area (Å²) in [5, 5.41) is -7.85. The second-order valence-electron chi connectivity index (χ2n) is 10.8. The fraction of sp³-hybridized carbons (Fsp3) is 0. The predicted molar refractivity (Wildman–Crippen MR) is 216 cm³/mol. The number of benzene rings is 10. The van der Waals surface area contributed by atoms with Crippen molar-refractivity contribution in [3.8, 4) is 44.5 Å². The molecule has 0 amide bonds. The summed E-state index contributed by atoms with van der Waals surface area (Å²) < 4.78 is 291. The molecule has 50 heavy (non-hydrogen) atoms. The van der Waals surface area contributed by atoms with Crippen molar-refractivity contribution in [3.63, 3.8) is 0 Å². The van der Waals surface area contributed by atoms with Crippen LogP contribution in [0, 0.1) is 0 Å². The van der Waals surface area contributed by atoms with E-state index in [4.69, 9.17) is 27.4 Å². The maximum absolute atomic E-state index is 10.3. The zero-order valence-electron chi connectivity index (χ0n) is 57.0. The summed E-state index contributed by atoms with van der Waals surface area (Å²) in [6.45, 7) is 0. The van der Waals surface area contributed by atoms with E-state index in [2.05, 4.69) is 0 Å². The standard InChI is InChI=1S/C50H32/c1-4-18-39-33(12-1)15-9-23-41(39)36-26-28-37(29-27-36)49-45-21-7-8-22-46(45)50(44-25-11-17-35-14-3-6-20-42(35)44)47-31-30-38(32-48(47)49)43-24-10-16-34-13-2-5-19-40(34)43/h1-32H/i1D,2D,3D,4D,5D,6D,7D,8D,9D,10D,11D,12D,13D,14D,15D,16D,17D,18D,19D,20D,21D,22D,23D,24D,25D,26D,27D,28D,29D,30D,31D,32D. The Balaban J connectivity index is 1.58. The molecule has 0 saturated heterocycles. The molecule has 0 aliphatic carbocycles. The van der Waals surface area contributed by atoms with Crippen molar-refractivity contribution < 1.29 is 43.9 Å². The predicted octanol–water partition coefficient (Wildman–Crippen LogP) is 14.1. The molecule has 0 heterocycles. The van der Waals surface area contributed by atoms with E-state index in [-0.39, 0.29) is 0 Å². The van der Waals surface area contributed by atoms with Gasteiger partial charge in [-0.15, -0.1) is 0 Å². The molecule has 0 N–H and O–H groups in total. The van der Waals surface area contributed by atoms with Crippen molar-refractivity contribution in [2.75, 3.05) is 0 Å². The third kappa shape index (κ3) is 4.54. The molecule has 0 aliphatic heterocycles. The van der Waals surface area contributed by atoms with Gasteiger partial charge in [0.2, 0.25) is 0 Å². The molecule has 10 aromatic carbocycles. The molecule has 0 bridgehead atoms. The lowest BCUT2D eigenvalue weighted by atomic mass is 9.83. The van der Waals surface area contributed by atoms with E-state index in [1.165, 1.54) is 0 Å². The summed E-state index contributed by atoms with van der Waals surface area (Å²) in [6.07, 6.45) is 0. The van der Waals surface area contributed by atoms with Gasteiger partial charge in [0, 0.05) is 0 Å². The molecule has 0 saturated carbocycles. The van der Waals surface area contributed by atoms with E-state index < -0.39 is 292 Å². The zero-order chi connectivity index (χ0) is 60.9. The van der Waals surface area contributed by atoms with Gasteiger partial charge in [0.25, 0.3) is 0 Å². The Kier molecular flexibility index (Phi) is 2.55. The van der Waals surface area contributed by atoms with Gasteiger partial charge in [-0.25, -0.2) is 0 Å². The van der Waals surface area contributed by atoms with Gasteiger partial charge in [0.15, 0.2) is 0 Å². The van der Waals surface area contributed by atoms with Crippen molar-refractivity contribution in [2.24, 2.45) is 0 Å².